The van der Waals surface area contributed by atoms with E-state index in [1.807, 2.05) is 7.05 Å². The second kappa shape index (κ2) is 6.27. The van der Waals surface area contributed by atoms with Crippen LogP contribution in [0.2, 0.25) is 0 Å². The van der Waals surface area contributed by atoms with Crippen LogP contribution in [0.3, 0.4) is 0 Å². The molecular weight excluding hydrogens is 330 g/mol. The highest BCUT2D eigenvalue weighted by Crippen LogP contribution is 2.46. The summed E-state index contributed by atoms with van der Waals surface area (Å²) >= 11 is 3.56. The summed E-state index contributed by atoms with van der Waals surface area (Å²) in [6.07, 6.45) is 5.65. The van der Waals surface area contributed by atoms with Crippen LogP contribution in [0.5, 0.6) is 5.75 Å². The molecule has 4 heteroatoms. The van der Waals surface area contributed by atoms with Crippen molar-refractivity contribution >= 4 is 15.9 Å². The smallest absolute Gasteiger partial charge is 0.126 e. The molecule has 1 spiro atoms. The zero-order chi connectivity index (χ0) is 14.9. The van der Waals surface area contributed by atoms with Crippen LogP contribution >= 0.6 is 15.9 Å². The molecule has 116 valence electrons. The summed E-state index contributed by atoms with van der Waals surface area (Å²) in [6.45, 7) is 3.03. The molecule has 0 bridgehead atoms. The first-order chi connectivity index (χ1) is 10.2. The van der Waals surface area contributed by atoms with Crippen molar-refractivity contribution in [3.63, 3.8) is 0 Å². The van der Waals surface area contributed by atoms with Gasteiger partial charge in [-0.15, -0.1) is 0 Å². The van der Waals surface area contributed by atoms with Crippen molar-refractivity contribution in [1.29, 1.82) is 0 Å². The number of hydrogen-bond acceptors (Lipinski definition) is 3. The van der Waals surface area contributed by atoms with Gasteiger partial charge in [0.15, 0.2) is 0 Å². The van der Waals surface area contributed by atoms with Gasteiger partial charge in [0.05, 0.1) is 12.7 Å². The number of benzene rings is 1. The molecule has 3 nitrogen and oxygen atoms in total. The summed E-state index contributed by atoms with van der Waals surface area (Å²) in [5, 5.41) is 3.46. The van der Waals surface area contributed by atoms with Gasteiger partial charge in [-0.25, -0.2) is 0 Å². The minimum Gasteiger partial charge on any atom is -0.487 e. The zero-order valence-corrected chi connectivity index (χ0v) is 14.4. The molecule has 0 aromatic heterocycles. The van der Waals surface area contributed by atoms with Crippen LogP contribution in [-0.4, -0.2) is 25.4 Å². The van der Waals surface area contributed by atoms with Gasteiger partial charge in [0.25, 0.3) is 0 Å². The van der Waals surface area contributed by atoms with Gasteiger partial charge in [0.1, 0.15) is 11.4 Å². The number of nitrogens with one attached hydrogen (secondary N) is 1. The number of fused-ring (bicyclic) bond motifs is 1. The summed E-state index contributed by atoms with van der Waals surface area (Å²) in [4.78, 5) is 0. The standard InChI is InChI=1S/C17H24BrNO2/c1-3-4-13-10-17(7-8-20-13)11-15(19-2)14-6-5-12(18)9-16(14)21-17/h5-6,9,13,15,19H,3-4,7-8,10-11H2,1-2H3. The van der Waals surface area contributed by atoms with Gasteiger partial charge in [-0.1, -0.05) is 35.3 Å². The van der Waals surface area contributed by atoms with E-state index < -0.39 is 0 Å². The van der Waals surface area contributed by atoms with Gasteiger partial charge in [0.2, 0.25) is 0 Å². The second-order valence-electron chi connectivity index (χ2n) is 6.25. The minimum atomic E-state index is -0.0699. The fourth-order valence-electron chi connectivity index (χ4n) is 3.67. The highest BCUT2D eigenvalue weighted by molar-refractivity contribution is 9.10. The van der Waals surface area contributed by atoms with Crippen LogP contribution in [-0.2, 0) is 4.74 Å². The van der Waals surface area contributed by atoms with E-state index in [2.05, 4.69) is 46.4 Å². The molecule has 3 rings (SSSR count). The summed E-state index contributed by atoms with van der Waals surface area (Å²) in [5.41, 5.74) is 1.20. The molecule has 0 aliphatic carbocycles. The molecule has 1 aromatic carbocycles. The highest BCUT2D eigenvalue weighted by atomic mass is 79.9. The van der Waals surface area contributed by atoms with Crippen molar-refractivity contribution < 1.29 is 9.47 Å². The predicted octanol–water partition coefficient (Wildman–Crippen LogP) is 4.21. The Morgan fingerprint density at radius 3 is 3.00 bits per heavy atom. The summed E-state index contributed by atoms with van der Waals surface area (Å²) in [7, 11) is 2.04. The van der Waals surface area contributed by atoms with Crippen LogP contribution in [0.4, 0.5) is 0 Å². The number of halogens is 1. The molecule has 3 unspecified atom stereocenters. The Hall–Kier alpha value is -0.580. The molecule has 0 radical (unpaired) electrons. The third kappa shape index (κ3) is 3.13. The molecule has 2 heterocycles. The third-order valence-electron chi connectivity index (χ3n) is 4.72. The Morgan fingerprint density at radius 1 is 1.38 bits per heavy atom. The lowest BCUT2D eigenvalue weighted by Crippen LogP contribution is -2.50. The predicted molar refractivity (Wildman–Crippen MR) is 87.8 cm³/mol. The van der Waals surface area contributed by atoms with Crippen molar-refractivity contribution in [3.05, 3.63) is 28.2 Å². The average Bonchev–Trinajstić information content (AvgIpc) is 2.46. The van der Waals surface area contributed by atoms with Crippen LogP contribution in [0.25, 0.3) is 0 Å². The maximum Gasteiger partial charge on any atom is 0.126 e. The molecule has 1 fully saturated rings. The average molecular weight is 354 g/mol. The third-order valence-corrected chi connectivity index (χ3v) is 5.22. The molecular formula is C17H24BrNO2. The molecule has 21 heavy (non-hydrogen) atoms. The highest BCUT2D eigenvalue weighted by Gasteiger charge is 2.44. The van der Waals surface area contributed by atoms with Crippen LogP contribution in [0.1, 0.15) is 50.6 Å². The van der Waals surface area contributed by atoms with Crippen molar-refractivity contribution in [2.75, 3.05) is 13.7 Å². The van der Waals surface area contributed by atoms with Gasteiger partial charge < -0.3 is 14.8 Å². The molecule has 0 saturated carbocycles. The van der Waals surface area contributed by atoms with E-state index in [4.69, 9.17) is 9.47 Å². The van der Waals surface area contributed by atoms with Crippen molar-refractivity contribution in [2.24, 2.45) is 0 Å². The maximum atomic E-state index is 6.50. The fraction of sp³-hybridized carbons (Fsp3) is 0.647. The Labute approximate surface area is 135 Å². The Morgan fingerprint density at radius 2 is 2.24 bits per heavy atom. The quantitative estimate of drug-likeness (QED) is 0.882. The monoisotopic (exact) mass is 353 g/mol. The second-order valence-corrected chi connectivity index (χ2v) is 7.16. The lowest BCUT2D eigenvalue weighted by molar-refractivity contribution is -0.105. The van der Waals surface area contributed by atoms with Crippen LogP contribution in [0, 0.1) is 0 Å². The first-order valence-corrected chi connectivity index (χ1v) is 8.72. The van der Waals surface area contributed by atoms with Crippen molar-refractivity contribution in [3.8, 4) is 5.75 Å². The number of rotatable bonds is 3. The van der Waals surface area contributed by atoms with E-state index in [1.54, 1.807) is 0 Å². The van der Waals surface area contributed by atoms with E-state index in [0.29, 0.717) is 12.1 Å². The first kappa shape index (κ1) is 15.3. The SMILES string of the molecule is CCCC1CC2(CCO1)CC(NC)c1ccc(Br)cc1O2. The summed E-state index contributed by atoms with van der Waals surface area (Å²) < 4.78 is 13.5. The lowest BCUT2D eigenvalue weighted by Gasteiger charge is -2.46. The summed E-state index contributed by atoms with van der Waals surface area (Å²) in [6, 6.07) is 6.72. The van der Waals surface area contributed by atoms with Gasteiger partial charge >= 0.3 is 0 Å². The first-order valence-electron chi connectivity index (χ1n) is 7.93. The van der Waals surface area contributed by atoms with Crippen molar-refractivity contribution in [1.82, 2.24) is 5.32 Å². The number of ether oxygens (including phenoxy) is 2. The molecule has 2 aliphatic heterocycles. The van der Waals surface area contributed by atoms with Gasteiger partial charge in [0, 0.05) is 35.3 Å². The molecule has 3 atom stereocenters. The fourth-order valence-corrected chi connectivity index (χ4v) is 4.01. The molecule has 0 amide bonds. The molecule has 1 N–H and O–H groups in total. The van der Waals surface area contributed by atoms with E-state index >= 15 is 0 Å². The van der Waals surface area contributed by atoms with Crippen molar-refractivity contribution in [2.45, 2.75) is 56.8 Å². The van der Waals surface area contributed by atoms with Crippen LogP contribution in [0.15, 0.2) is 22.7 Å². The van der Waals surface area contributed by atoms with E-state index in [0.717, 1.165) is 42.5 Å². The molecule has 2 aliphatic rings. The zero-order valence-electron chi connectivity index (χ0n) is 12.8. The normalized spacial score (nSPS) is 31.8. The maximum absolute atomic E-state index is 6.50. The lowest BCUT2D eigenvalue weighted by atomic mass is 9.79. The Balaban J connectivity index is 1.88. The summed E-state index contributed by atoms with van der Waals surface area (Å²) in [5.74, 6) is 1.02. The Bertz CT molecular complexity index is 506. The van der Waals surface area contributed by atoms with Crippen LogP contribution < -0.4 is 10.1 Å². The largest absolute Gasteiger partial charge is 0.487 e. The number of hydrogen-bond donors (Lipinski definition) is 1. The van der Waals surface area contributed by atoms with Gasteiger partial charge in [-0.2, -0.15) is 0 Å². The topological polar surface area (TPSA) is 30.5 Å². The van der Waals surface area contributed by atoms with E-state index in [-0.39, 0.29) is 5.60 Å². The molecule has 1 aromatic rings. The van der Waals surface area contributed by atoms with Gasteiger partial charge in [-0.3, -0.25) is 0 Å². The Kier molecular flexibility index (Phi) is 4.57. The minimum absolute atomic E-state index is 0.0699. The van der Waals surface area contributed by atoms with Gasteiger partial charge in [-0.05, 0) is 25.6 Å². The van der Waals surface area contributed by atoms with E-state index in [1.165, 1.54) is 12.0 Å². The van der Waals surface area contributed by atoms with E-state index in [9.17, 15) is 0 Å². The molecule has 1 saturated heterocycles.